The zero-order valence-corrected chi connectivity index (χ0v) is 36.8. The van der Waals surface area contributed by atoms with Gasteiger partial charge in [0.15, 0.2) is 0 Å². The highest BCUT2D eigenvalue weighted by Crippen LogP contribution is 2.24. The van der Waals surface area contributed by atoms with Crippen molar-refractivity contribution in [2.45, 2.75) is 51.6 Å². The zero-order chi connectivity index (χ0) is 42.7. The van der Waals surface area contributed by atoms with Crippen molar-refractivity contribution in [2.24, 2.45) is 0 Å². The molecule has 6 aromatic rings. The maximum absolute atomic E-state index is 12.9. The quantitative estimate of drug-likeness (QED) is 0.122. The first-order valence-corrected chi connectivity index (χ1v) is 21.1. The molecule has 0 aliphatic carbocycles. The van der Waals surface area contributed by atoms with Gasteiger partial charge in [-0.3, -0.25) is 14.4 Å². The summed E-state index contributed by atoms with van der Waals surface area (Å²) >= 11 is 11.9. The van der Waals surface area contributed by atoms with E-state index >= 15 is 0 Å². The Morgan fingerprint density at radius 1 is 0.597 bits per heavy atom. The van der Waals surface area contributed by atoms with Gasteiger partial charge in [-0.2, -0.15) is 0 Å². The number of rotatable bonds is 10. The fraction of sp³-hybridized carbons (Fsp3) is 0.255. The number of piperidine rings is 2. The van der Waals surface area contributed by atoms with Crippen LogP contribution < -0.4 is 16.0 Å². The zero-order valence-electron chi connectivity index (χ0n) is 34.4. The van der Waals surface area contributed by atoms with Crippen LogP contribution in [0, 0.1) is 0 Å². The molecule has 2 amide bonds. The molecule has 320 valence electrons. The number of likely N-dealkylation sites (tertiary alicyclic amines) is 2. The van der Waals surface area contributed by atoms with Gasteiger partial charge in [-0.1, -0.05) is 61.3 Å². The highest BCUT2D eigenvalue weighted by Gasteiger charge is 2.24. The molecule has 0 radical (unpaired) electrons. The van der Waals surface area contributed by atoms with Gasteiger partial charge in [0.25, 0.3) is 11.8 Å². The fourth-order valence-electron chi connectivity index (χ4n) is 7.10. The summed E-state index contributed by atoms with van der Waals surface area (Å²) in [6.07, 6.45) is 6.26. The van der Waals surface area contributed by atoms with Crippen molar-refractivity contribution < 1.29 is 14.4 Å². The minimum Gasteiger partial charge on any atom is -0.339 e. The average molecular weight is 893 g/mol. The van der Waals surface area contributed by atoms with Crippen molar-refractivity contribution in [1.29, 1.82) is 0 Å². The number of benzene rings is 4. The Hall–Kier alpha value is -5.92. The highest BCUT2D eigenvalue weighted by atomic mass is 35.5. The smallest absolute Gasteiger partial charge is 0.253 e. The minimum absolute atomic E-state index is 0. The lowest BCUT2D eigenvalue weighted by Gasteiger charge is -2.33. The van der Waals surface area contributed by atoms with E-state index in [-0.39, 0.29) is 30.0 Å². The van der Waals surface area contributed by atoms with E-state index in [9.17, 15) is 14.4 Å². The van der Waals surface area contributed by atoms with E-state index in [1.165, 1.54) is 0 Å². The molecule has 2 fully saturated rings. The Balaban J connectivity index is 0.000000204. The summed E-state index contributed by atoms with van der Waals surface area (Å²) in [7, 11) is 0. The number of aromatic nitrogens is 4. The monoisotopic (exact) mass is 891 g/mol. The van der Waals surface area contributed by atoms with E-state index in [1.54, 1.807) is 29.4 Å². The maximum atomic E-state index is 12.9. The third-order valence-electron chi connectivity index (χ3n) is 10.3. The van der Waals surface area contributed by atoms with Crippen LogP contribution in [0.15, 0.2) is 122 Å². The standard InChI is InChI=1S/C25H28ClN5O.C22H19ClN4O2.ClH/c1-17(2)28-22-12-15-31(16-13-22)24(32)19-5-9-21(10-6-19)29-25-27-14-11-23(30-25)18-3-7-20(26)8-4-18;23-17-5-1-15(2-6-17)20-9-12-24-22(26-20)25-18-7-3-16(4-8-18)21(29)27-13-10-19(28)11-14-27;/h3-11,14,17,22,28H,12-13,15-16H2,1-2H3,(H,27,29,30);1-9,12H,10-11,13-14H2,(H,24,25,26);1H. The van der Waals surface area contributed by atoms with Crippen LogP contribution in [0.1, 0.15) is 60.2 Å². The number of nitrogens with zero attached hydrogens (tertiary/aromatic N) is 6. The number of carbonyl (C=O) groups excluding carboxylic acids is 3. The molecule has 4 aromatic carbocycles. The number of anilines is 4. The Kier molecular flexibility index (Phi) is 16.0. The number of hydrogen-bond donors (Lipinski definition) is 3. The summed E-state index contributed by atoms with van der Waals surface area (Å²) in [5, 5.41) is 11.3. The molecule has 0 unspecified atom stereocenters. The minimum atomic E-state index is -0.0509. The summed E-state index contributed by atoms with van der Waals surface area (Å²) in [5.74, 6) is 1.21. The summed E-state index contributed by atoms with van der Waals surface area (Å²) in [6.45, 7) is 6.87. The van der Waals surface area contributed by atoms with Crippen LogP contribution in [0.25, 0.3) is 22.5 Å². The molecule has 2 aliphatic heterocycles. The van der Waals surface area contributed by atoms with E-state index < -0.39 is 0 Å². The van der Waals surface area contributed by atoms with Crippen molar-refractivity contribution in [3.05, 3.63) is 143 Å². The van der Waals surface area contributed by atoms with Gasteiger partial charge in [0.2, 0.25) is 11.9 Å². The topological polar surface area (TPSA) is 145 Å². The first kappa shape index (κ1) is 45.6. The van der Waals surface area contributed by atoms with Crippen LogP contribution in [0.5, 0.6) is 0 Å². The summed E-state index contributed by atoms with van der Waals surface area (Å²) in [4.78, 5) is 58.1. The van der Waals surface area contributed by atoms with Crippen LogP contribution in [-0.2, 0) is 4.79 Å². The summed E-state index contributed by atoms with van der Waals surface area (Å²) in [6, 6.07) is 34.3. The van der Waals surface area contributed by atoms with Crippen molar-refractivity contribution in [3.8, 4) is 22.5 Å². The second-order valence-corrected chi connectivity index (χ2v) is 16.0. The number of hydrogen-bond acceptors (Lipinski definition) is 10. The number of nitrogens with one attached hydrogen (secondary N) is 3. The lowest BCUT2D eigenvalue weighted by Crippen LogP contribution is -2.46. The molecule has 4 heterocycles. The molecule has 0 spiro atoms. The maximum Gasteiger partial charge on any atom is 0.253 e. The molecule has 8 rings (SSSR count). The lowest BCUT2D eigenvalue weighted by atomic mass is 10.0. The predicted octanol–water partition coefficient (Wildman–Crippen LogP) is 9.91. The van der Waals surface area contributed by atoms with Crippen LogP contribution >= 0.6 is 35.6 Å². The molecular formula is C47H48Cl3N9O3. The Bertz CT molecular complexity index is 2420. The van der Waals surface area contributed by atoms with E-state index in [1.807, 2.05) is 102 Å². The number of amides is 2. The largest absolute Gasteiger partial charge is 0.339 e. The van der Waals surface area contributed by atoms with Gasteiger partial charge in [-0.05, 0) is 97.8 Å². The predicted molar refractivity (Wildman–Crippen MR) is 249 cm³/mol. The van der Waals surface area contributed by atoms with Gasteiger partial charge >= 0.3 is 0 Å². The first-order valence-electron chi connectivity index (χ1n) is 20.3. The normalized spacial score (nSPS) is 14.0. The van der Waals surface area contributed by atoms with E-state index in [0.717, 1.165) is 59.8 Å². The first-order chi connectivity index (χ1) is 29.6. The molecule has 2 aliphatic rings. The van der Waals surface area contributed by atoms with Crippen LogP contribution in [0.3, 0.4) is 0 Å². The average Bonchev–Trinajstić information content (AvgIpc) is 3.28. The van der Waals surface area contributed by atoms with Gasteiger partial charge in [0, 0.05) is 107 Å². The van der Waals surface area contributed by atoms with Gasteiger partial charge in [-0.25, -0.2) is 19.9 Å². The number of Topliss-reactive ketones (excluding diaryl/α,β-unsaturated/α-hetero) is 1. The third-order valence-corrected chi connectivity index (χ3v) is 10.8. The van der Waals surface area contributed by atoms with Crippen LogP contribution in [0.4, 0.5) is 23.3 Å². The lowest BCUT2D eigenvalue weighted by molar-refractivity contribution is -0.120. The van der Waals surface area contributed by atoms with E-state index in [4.69, 9.17) is 23.2 Å². The molecule has 62 heavy (non-hydrogen) atoms. The molecule has 0 saturated carbocycles. The number of halogens is 3. The molecule has 2 aromatic heterocycles. The molecule has 2 saturated heterocycles. The third kappa shape index (κ3) is 12.6. The fourth-order valence-corrected chi connectivity index (χ4v) is 7.35. The van der Waals surface area contributed by atoms with Gasteiger partial charge < -0.3 is 25.8 Å². The van der Waals surface area contributed by atoms with E-state index in [2.05, 4.69) is 49.7 Å². The second-order valence-electron chi connectivity index (χ2n) is 15.2. The van der Waals surface area contributed by atoms with Crippen molar-refractivity contribution in [1.82, 2.24) is 35.1 Å². The summed E-state index contributed by atoms with van der Waals surface area (Å²) in [5.41, 5.74) is 6.40. The van der Waals surface area contributed by atoms with Gasteiger partial charge in [-0.15, -0.1) is 12.4 Å². The molecular weight excluding hydrogens is 845 g/mol. The van der Waals surface area contributed by atoms with Crippen molar-refractivity contribution in [2.75, 3.05) is 36.8 Å². The SMILES string of the molecule is CC(C)NC1CCN(C(=O)c2ccc(Nc3nccc(-c4ccc(Cl)cc4)n3)cc2)CC1.Cl.O=C1CCN(C(=O)c2ccc(Nc3nccc(-c4ccc(Cl)cc4)n3)cc2)CC1. The van der Waals surface area contributed by atoms with Gasteiger partial charge in [0.1, 0.15) is 5.78 Å². The van der Waals surface area contributed by atoms with Gasteiger partial charge in [0.05, 0.1) is 11.4 Å². The van der Waals surface area contributed by atoms with Crippen LogP contribution in [0.2, 0.25) is 10.0 Å². The Morgan fingerprint density at radius 2 is 1.00 bits per heavy atom. The molecule has 3 N–H and O–H groups in total. The highest BCUT2D eigenvalue weighted by molar-refractivity contribution is 6.31. The molecule has 15 heteroatoms. The van der Waals surface area contributed by atoms with Crippen molar-refractivity contribution in [3.63, 3.8) is 0 Å². The van der Waals surface area contributed by atoms with Crippen LogP contribution in [-0.4, -0.2) is 85.6 Å². The van der Waals surface area contributed by atoms with Crippen molar-refractivity contribution >= 4 is 76.5 Å². The molecule has 0 atom stereocenters. The number of ketones is 1. The molecule has 12 nitrogen and oxygen atoms in total. The summed E-state index contributed by atoms with van der Waals surface area (Å²) < 4.78 is 0. The Morgan fingerprint density at radius 3 is 1.40 bits per heavy atom. The van der Waals surface area contributed by atoms with E-state index in [0.29, 0.717) is 71.1 Å². The molecule has 0 bridgehead atoms. The number of carbonyl (C=O) groups is 3. The Labute approximate surface area is 377 Å². The second kappa shape index (κ2) is 21.7.